The van der Waals surface area contributed by atoms with Crippen molar-refractivity contribution in [2.45, 2.75) is 19.0 Å². The Kier molecular flexibility index (Phi) is 5.31. The summed E-state index contributed by atoms with van der Waals surface area (Å²) < 4.78 is 7.41. The number of nitrogens with zero attached hydrogens (tertiary/aromatic N) is 5. The topological polar surface area (TPSA) is 76.6 Å². The molecule has 1 heterocycles. The van der Waals surface area contributed by atoms with Crippen molar-refractivity contribution in [1.82, 2.24) is 20.2 Å². The Labute approximate surface area is 150 Å². The molecule has 3 aromatic rings. The summed E-state index contributed by atoms with van der Waals surface area (Å²) in [6, 6.07) is 15.3. The van der Waals surface area contributed by atoms with Crippen LogP contribution in [0.5, 0.6) is 5.75 Å². The number of thioether (sulfide) groups is 1. The average Bonchev–Trinajstić information content (AvgIpc) is 3.10. The molecule has 0 spiro atoms. The summed E-state index contributed by atoms with van der Waals surface area (Å²) in [6.45, 7) is 4.67. The van der Waals surface area contributed by atoms with E-state index in [9.17, 15) is 0 Å². The second kappa shape index (κ2) is 7.81. The van der Waals surface area contributed by atoms with Crippen molar-refractivity contribution in [2.24, 2.45) is 0 Å². The summed E-state index contributed by atoms with van der Waals surface area (Å²) >= 11 is 1.54. The zero-order valence-corrected chi connectivity index (χ0v) is 14.8. The summed E-state index contributed by atoms with van der Waals surface area (Å²) in [4.78, 5) is 0. The van der Waals surface area contributed by atoms with Crippen LogP contribution in [0.3, 0.4) is 0 Å². The molecule has 0 aliphatic carbocycles. The minimum Gasteiger partial charge on any atom is -0.493 e. The molecule has 0 N–H and O–H groups in total. The van der Waals surface area contributed by atoms with Gasteiger partial charge < -0.3 is 4.74 Å². The molecule has 0 fully saturated rings. The maximum Gasteiger partial charge on any atom is 0.214 e. The minimum atomic E-state index is 0.524. The standard InChI is InChI=1S/C18H17N5OS/c1-13-3-6-16(11-14(13)2)23-18(20-21-22-23)25-10-9-24-17-7-4-15(12-19)5-8-17/h3-8,11H,9-10H2,1-2H3. The second-order valence-electron chi connectivity index (χ2n) is 5.47. The Morgan fingerprint density at radius 2 is 1.92 bits per heavy atom. The van der Waals surface area contributed by atoms with Crippen LogP contribution in [0.25, 0.3) is 5.69 Å². The van der Waals surface area contributed by atoms with Gasteiger partial charge in [0.25, 0.3) is 0 Å². The lowest BCUT2D eigenvalue weighted by atomic mass is 10.1. The largest absolute Gasteiger partial charge is 0.493 e. The molecular formula is C18H17N5OS. The number of rotatable bonds is 6. The average molecular weight is 351 g/mol. The molecule has 0 amide bonds. The van der Waals surface area contributed by atoms with Crippen LogP contribution in [0.2, 0.25) is 0 Å². The van der Waals surface area contributed by atoms with E-state index in [-0.39, 0.29) is 0 Å². The summed E-state index contributed by atoms with van der Waals surface area (Å²) in [5, 5.41) is 21.5. The van der Waals surface area contributed by atoms with Gasteiger partial charge in [0.2, 0.25) is 5.16 Å². The van der Waals surface area contributed by atoms with E-state index in [1.807, 2.05) is 6.07 Å². The monoisotopic (exact) mass is 351 g/mol. The Hall–Kier alpha value is -2.85. The molecule has 7 heteroatoms. The number of tetrazole rings is 1. The Morgan fingerprint density at radius 3 is 2.64 bits per heavy atom. The number of ether oxygens (including phenoxy) is 1. The van der Waals surface area contributed by atoms with Gasteiger partial charge in [-0.1, -0.05) is 17.8 Å². The maximum absolute atomic E-state index is 8.79. The van der Waals surface area contributed by atoms with Crippen molar-refractivity contribution in [3.63, 3.8) is 0 Å². The van der Waals surface area contributed by atoms with Crippen LogP contribution >= 0.6 is 11.8 Å². The van der Waals surface area contributed by atoms with Crippen molar-refractivity contribution >= 4 is 11.8 Å². The lowest BCUT2D eigenvalue weighted by Gasteiger charge is -2.08. The predicted octanol–water partition coefficient (Wildman–Crippen LogP) is 3.32. The van der Waals surface area contributed by atoms with Crippen LogP contribution in [-0.2, 0) is 0 Å². The summed E-state index contributed by atoms with van der Waals surface area (Å²) in [5.74, 6) is 1.46. The molecule has 0 bridgehead atoms. The van der Waals surface area contributed by atoms with Crippen molar-refractivity contribution in [1.29, 1.82) is 5.26 Å². The lowest BCUT2D eigenvalue weighted by Crippen LogP contribution is -2.03. The van der Waals surface area contributed by atoms with Crippen LogP contribution in [0.1, 0.15) is 16.7 Å². The third-order valence-electron chi connectivity index (χ3n) is 3.74. The molecule has 6 nitrogen and oxygen atoms in total. The number of benzene rings is 2. The molecule has 0 unspecified atom stereocenters. The quantitative estimate of drug-likeness (QED) is 0.501. The van der Waals surface area contributed by atoms with Gasteiger partial charge in [-0.15, -0.1) is 5.10 Å². The van der Waals surface area contributed by atoms with Gasteiger partial charge >= 0.3 is 0 Å². The van der Waals surface area contributed by atoms with Gasteiger partial charge in [-0.3, -0.25) is 0 Å². The van der Waals surface area contributed by atoms with Gasteiger partial charge in [0.1, 0.15) is 5.75 Å². The number of nitriles is 1. The molecule has 0 saturated carbocycles. The molecular weight excluding hydrogens is 334 g/mol. The number of hydrogen-bond donors (Lipinski definition) is 0. The Bertz CT molecular complexity index is 899. The van der Waals surface area contributed by atoms with E-state index in [0.29, 0.717) is 17.9 Å². The highest BCUT2D eigenvalue weighted by atomic mass is 32.2. The molecule has 126 valence electrons. The SMILES string of the molecule is Cc1ccc(-n2nnnc2SCCOc2ccc(C#N)cc2)cc1C. The summed E-state index contributed by atoms with van der Waals surface area (Å²) in [7, 11) is 0. The highest BCUT2D eigenvalue weighted by Crippen LogP contribution is 2.20. The third kappa shape index (κ3) is 4.17. The molecule has 25 heavy (non-hydrogen) atoms. The normalized spacial score (nSPS) is 10.4. The lowest BCUT2D eigenvalue weighted by molar-refractivity contribution is 0.344. The third-order valence-corrected chi connectivity index (χ3v) is 4.63. The maximum atomic E-state index is 8.79. The van der Waals surface area contributed by atoms with Gasteiger partial charge in [-0.25, -0.2) is 0 Å². The van der Waals surface area contributed by atoms with Crippen LogP contribution in [0.4, 0.5) is 0 Å². The fourth-order valence-electron chi connectivity index (χ4n) is 2.21. The Balaban J connectivity index is 1.58. The number of hydrogen-bond acceptors (Lipinski definition) is 6. The summed E-state index contributed by atoms with van der Waals surface area (Å²) in [5.41, 5.74) is 4.01. The first-order valence-corrected chi connectivity index (χ1v) is 8.78. The van der Waals surface area contributed by atoms with Crippen LogP contribution in [0.15, 0.2) is 47.6 Å². The van der Waals surface area contributed by atoms with Gasteiger partial charge in [0.15, 0.2) is 0 Å². The highest BCUT2D eigenvalue weighted by Gasteiger charge is 2.09. The first-order chi connectivity index (χ1) is 12.2. The van der Waals surface area contributed by atoms with Crippen molar-refractivity contribution in [2.75, 3.05) is 12.4 Å². The van der Waals surface area contributed by atoms with E-state index in [0.717, 1.165) is 16.6 Å². The first kappa shape index (κ1) is 17.0. The highest BCUT2D eigenvalue weighted by molar-refractivity contribution is 7.99. The van der Waals surface area contributed by atoms with E-state index in [4.69, 9.17) is 10.00 Å². The van der Waals surface area contributed by atoms with Crippen LogP contribution in [0, 0.1) is 25.2 Å². The van der Waals surface area contributed by atoms with Crippen LogP contribution < -0.4 is 4.74 Å². The molecule has 3 rings (SSSR count). The van der Waals surface area contributed by atoms with Gasteiger partial charge in [-0.05, 0) is 71.8 Å². The molecule has 0 saturated heterocycles. The van der Waals surface area contributed by atoms with Gasteiger partial charge in [0, 0.05) is 5.75 Å². The van der Waals surface area contributed by atoms with E-state index in [2.05, 4.69) is 47.6 Å². The van der Waals surface area contributed by atoms with E-state index in [1.165, 1.54) is 22.9 Å². The molecule has 0 radical (unpaired) electrons. The van der Waals surface area contributed by atoms with Crippen molar-refractivity contribution < 1.29 is 4.74 Å². The van der Waals surface area contributed by atoms with Gasteiger partial charge in [-0.2, -0.15) is 9.94 Å². The fraction of sp³-hybridized carbons (Fsp3) is 0.222. The Morgan fingerprint density at radius 1 is 1.12 bits per heavy atom. The molecule has 0 aliphatic heterocycles. The second-order valence-corrected chi connectivity index (χ2v) is 6.54. The molecule has 1 aromatic heterocycles. The van der Waals surface area contributed by atoms with E-state index < -0.39 is 0 Å². The zero-order chi connectivity index (χ0) is 17.6. The van der Waals surface area contributed by atoms with E-state index in [1.54, 1.807) is 28.9 Å². The first-order valence-electron chi connectivity index (χ1n) is 7.79. The van der Waals surface area contributed by atoms with Crippen LogP contribution in [-0.4, -0.2) is 32.6 Å². The molecule has 0 aliphatic rings. The van der Waals surface area contributed by atoms with E-state index >= 15 is 0 Å². The zero-order valence-electron chi connectivity index (χ0n) is 14.0. The van der Waals surface area contributed by atoms with Gasteiger partial charge in [0.05, 0.1) is 23.9 Å². The minimum absolute atomic E-state index is 0.524. The molecule has 2 aromatic carbocycles. The smallest absolute Gasteiger partial charge is 0.214 e. The predicted molar refractivity (Wildman–Crippen MR) is 96.0 cm³/mol. The summed E-state index contributed by atoms with van der Waals surface area (Å²) in [6.07, 6.45) is 0. The van der Waals surface area contributed by atoms with Crippen molar-refractivity contribution in [3.05, 3.63) is 59.2 Å². The fourth-order valence-corrected chi connectivity index (χ4v) is 2.91. The van der Waals surface area contributed by atoms with Crippen molar-refractivity contribution in [3.8, 4) is 17.5 Å². The number of aromatic nitrogens is 4. The molecule has 0 atom stereocenters. The number of aryl methyl sites for hydroxylation is 2.